The van der Waals surface area contributed by atoms with Gasteiger partial charge in [-0.3, -0.25) is 14.8 Å². The summed E-state index contributed by atoms with van der Waals surface area (Å²) in [7, 11) is 0. The number of halogens is 2. The molecule has 0 saturated carbocycles. The zero-order chi connectivity index (χ0) is 23.7. The molecule has 0 aliphatic heterocycles. The van der Waals surface area contributed by atoms with Crippen LogP contribution >= 0.6 is 23.2 Å². The number of anilines is 1. The minimum absolute atomic E-state index is 0.175. The number of benzene rings is 2. The van der Waals surface area contributed by atoms with Crippen LogP contribution in [-0.4, -0.2) is 35.4 Å². The number of fused-ring (bicyclic) bond motifs is 1. The smallest absolute Gasteiger partial charge is 0.258 e. The molecule has 0 fully saturated rings. The van der Waals surface area contributed by atoms with Gasteiger partial charge < -0.3 is 0 Å². The summed E-state index contributed by atoms with van der Waals surface area (Å²) < 4.78 is 3.38. The van der Waals surface area contributed by atoms with E-state index >= 15 is 0 Å². The van der Waals surface area contributed by atoms with Crippen molar-refractivity contribution >= 4 is 46.0 Å². The number of nitrogens with one attached hydrogen (secondary N) is 1. The van der Waals surface area contributed by atoms with E-state index in [0.717, 1.165) is 23.1 Å². The van der Waals surface area contributed by atoms with Gasteiger partial charge in [0, 0.05) is 39.3 Å². The molecular formula is C24H19Cl2N7O. The van der Waals surface area contributed by atoms with E-state index < -0.39 is 0 Å². The predicted octanol–water partition coefficient (Wildman–Crippen LogP) is 5.32. The molecule has 0 saturated heterocycles. The lowest BCUT2D eigenvalue weighted by Crippen LogP contribution is -2.14. The third kappa shape index (κ3) is 4.37. The fraction of sp³-hybridized carbons (Fsp3) is 0.125. The van der Waals surface area contributed by atoms with Gasteiger partial charge in [-0.25, -0.2) is 14.6 Å². The molecule has 0 aliphatic rings. The first-order valence-electron chi connectivity index (χ1n) is 10.6. The van der Waals surface area contributed by atoms with Gasteiger partial charge in [0.25, 0.3) is 5.91 Å². The van der Waals surface area contributed by atoms with Crippen LogP contribution in [0, 0.1) is 0 Å². The number of para-hydroxylation sites is 1. The summed E-state index contributed by atoms with van der Waals surface area (Å²) in [5, 5.41) is 13.3. The SMILES string of the molecule is CCn1cc(-c2cc(C(=O)Nc3ncn(Cc4c(Cl)cccc4Cl)n3)c3ccccc3n2)cn1. The molecule has 1 N–H and O–H groups in total. The molecule has 0 atom stereocenters. The summed E-state index contributed by atoms with van der Waals surface area (Å²) in [6.07, 6.45) is 5.16. The van der Waals surface area contributed by atoms with Gasteiger partial charge in [-0.2, -0.15) is 5.10 Å². The Bertz CT molecular complexity index is 1490. The molecule has 170 valence electrons. The molecule has 0 bridgehead atoms. The van der Waals surface area contributed by atoms with Crippen LogP contribution in [0.1, 0.15) is 22.8 Å². The molecule has 5 aromatic rings. The van der Waals surface area contributed by atoms with E-state index in [2.05, 4.69) is 20.5 Å². The van der Waals surface area contributed by atoms with Crippen LogP contribution in [0.3, 0.4) is 0 Å². The van der Waals surface area contributed by atoms with Crippen molar-refractivity contribution in [2.45, 2.75) is 20.0 Å². The Kier molecular flexibility index (Phi) is 6.00. The third-order valence-electron chi connectivity index (χ3n) is 5.36. The Labute approximate surface area is 205 Å². The van der Waals surface area contributed by atoms with Crippen LogP contribution in [0.2, 0.25) is 10.0 Å². The second-order valence-corrected chi connectivity index (χ2v) is 8.39. The van der Waals surface area contributed by atoms with Crippen molar-refractivity contribution in [1.82, 2.24) is 29.5 Å². The van der Waals surface area contributed by atoms with E-state index in [1.54, 1.807) is 35.1 Å². The Morgan fingerprint density at radius 2 is 1.85 bits per heavy atom. The number of carbonyl (C=O) groups is 1. The van der Waals surface area contributed by atoms with Crippen molar-refractivity contribution in [1.29, 1.82) is 0 Å². The van der Waals surface area contributed by atoms with Gasteiger partial charge in [-0.1, -0.05) is 47.5 Å². The lowest BCUT2D eigenvalue weighted by Gasteiger charge is -2.08. The highest BCUT2D eigenvalue weighted by atomic mass is 35.5. The van der Waals surface area contributed by atoms with E-state index in [1.807, 2.05) is 42.1 Å². The van der Waals surface area contributed by atoms with Gasteiger partial charge >= 0.3 is 0 Å². The Hall–Kier alpha value is -3.75. The summed E-state index contributed by atoms with van der Waals surface area (Å²) in [5.41, 5.74) is 3.40. The normalized spacial score (nSPS) is 11.1. The average Bonchev–Trinajstić information content (AvgIpc) is 3.50. The fourth-order valence-electron chi connectivity index (χ4n) is 3.62. The maximum atomic E-state index is 13.3. The first-order chi connectivity index (χ1) is 16.5. The molecule has 0 spiro atoms. The third-order valence-corrected chi connectivity index (χ3v) is 6.07. The van der Waals surface area contributed by atoms with E-state index in [9.17, 15) is 4.79 Å². The highest BCUT2D eigenvalue weighted by molar-refractivity contribution is 6.36. The van der Waals surface area contributed by atoms with Crippen molar-refractivity contribution < 1.29 is 4.79 Å². The second kappa shape index (κ2) is 9.24. The van der Waals surface area contributed by atoms with Gasteiger partial charge in [0.2, 0.25) is 5.95 Å². The number of nitrogens with zero attached hydrogens (tertiary/aromatic N) is 6. The quantitative estimate of drug-likeness (QED) is 0.347. The van der Waals surface area contributed by atoms with E-state index in [4.69, 9.17) is 28.2 Å². The minimum Gasteiger partial charge on any atom is -0.289 e. The Balaban J connectivity index is 1.44. The minimum atomic E-state index is -0.337. The lowest BCUT2D eigenvalue weighted by atomic mass is 10.1. The number of aromatic nitrogens is 6. The fourth-order valence-corrected chi connectivity index (χ4v) is 4.14. The van der Waals surface area contributed by atoms with Gasteiger partial charge in [-0.05, 0) is 31.2 Å². The van der Waals surface area contributed by atoms with Crippen LogP contribution < -0.4 is 5.32 Å². The molecular weight excluding hydrogens is 473 g/mol. The van der Waals surface area contributed by atoms with E-state index in [0.29, 0.717) is 33.4 Å². The van der Waals surface area contributed by atoms with Crippen molar-refractivity contribution in [3.05, 3.63) is 88.4 Å². The van der Waals surface area contributed by atoms with Crippen molar-refractivity contribution in [2.24, 2.45) is 0 Å². The average molecular weight is 492 g/mol. The summed E-state index contributed by atoms with van der Waals surface area (Å²) in [4.78, 5) is 22.2. The molecule has 10 heteroatoms. The van der Waals surface area contributed by atoms with Gasteiger partial charge in [-0.15, -0.1) is 5.10 Å². The monoisotopic (exact) mass is 491 g/mol. The van der Waals surface area contributed by atoms with Crippen molar-refractivity contribution in [3.63, 3.8) is 0 Å². The van der Waals surface area contributed by atoms with Crippen LogP contribution in [0.15, 0.2) is 67.3 Å². The van der Waals surface area contributed by atoms with Gasteiger partial charge in [0.1, 0.15) is 6.33 Å². The zero-order valence-corrected chi connectivity index (χ0v) is 19.6. The van der Waals surface area contributed by atoms with Gasteiger partial charge in [0.15, 0.2) is 0 Å². The van der Waals surface area contributed by atoms with Crippen LogP contribution in [0.5, 0.6) is 0 Å². The number of hydrogen-bond donors (Lipinski definition) is 1. The first kappa shape index (κ1) is 22.1. The molecule has 1 amide bonds. The molecule has 2 aromatic carbocycles. The molecule has 5 rings (SSSR count). The van der Waals surface area contributed by atoms with Crippen LogP contribution in [-0.2, 0) is 13.1 Å². The van der Waals surface area contributed by atoms with Crippen LogP contribution in [0.25, 0.3) is 22.2 Å². The first-order valence-corrected chi connectivity index (χ1v) is 11.3. The number of hydrogen-bond acceptors (Lipinski definition) is 5. The number of rotatable bonds is 6. The van der Waals surface area contributed by atoms with Crippen LogP contribution in [0.4, 0.5) is 5.95 Å². The van der Waals surface area contributed by atoms with Crippen molar-refractivity contribution in [3.8, 4) is 11.3 Å². The molecule has 8 nitrogen and oxygen atoms in total. The Morgan fingerprint density at radius 1 is 1.06 bits per heavy atom. The highest BCUT2D eigenvalue weighted by Crippen LogP contribution is 2.26. The second-order valence-electron chi connectivity index (χ2n) is 7.58. The Morgan fingerprint density at radius 3 is 2.62 bits per heavy atom. The van der Waals surface area contributed by atoms with Crippen molar-refractivity contribution in [2.75, 3.05) is 5.32 Å². The highest BCUT2D eigenvalue weighted by Gasteiger charge is 2.17. The predicted molar refractivity (Wildman–Crippen MR) is 132 cm³/mol. The molecule has 0 radical (unpaired) electrons. The summed E-state index contributed by atoms with van der Waals surface area (Å²) in [5.74, 6) is -0.161. The lowest BCUT2D eigenvalue weighted by molar-refractivity contribution is 0.102. The summed E-state index contributed by atoms with van der Waals surface area (Å²) in [6, 6.07) is 14.6. The summed E-state index contributed by atoms with van der Waals surface area (Å²) in [6.45, 7) is 3.08. The number of carbonyl (C=O) groups excluding carboxylic acids is 1. The topological polar surface area (TPSA) is 90.5 Å². The maximum absolute atomic E-state index is 13.3. The molecule has 0 unspecified atom stereocenters. The number of amides is 1. The van der Waals surface area contributed by atoms with E-state index in [1.165, 1.54) is 6.33 Å². The van der Waals surface area contributed by atoms with E-state index in [-0.39, 0.29) is 11.9 Å². The largest absolute Gasteiger partial charge is 0.289 e. The standard InChI is InChI=1S/C24H19Cl2N7O/c1-2-32-12-15(11-28-32)22-10-17(16-6-3-4-9-21(16)29-22)23(34)30-24-27-14-33(31-24)13-18-19(25)7-5-8-20(18)26/h3-12,14H,2,13H2,1H3,(H,30,31,34). The number of pyridine rings is 1. The molecule has 3 heterocycles. The molecule has 34 heavy (non-hydrogen) atoms. The number of aryl methyl sites for hydroxylation is 1. The van der Waals surface area contributed by atoms with Gasteiger partial charge in [0.05, 0.1) is 29.5 Å². The maximum Gasteiger partial charge on any atom is 0.258 e. The summed E-state index contributed by atoms with van der Waals surface area (Å²) >= 11 is 12.5. The molecule has 0 aliphatic carbocycles. The zero-order valence-electron chi connectivity index (χ0n) is 18.1. The molecule has 3 aromatic heterocycles.